The van der Waals surface area contributed by atoms with Gasteiger partial charge in [-0.05, 0) is 61.7 Å². The summed E-state index contributed by atoms with van der Waals surface area (Å²) in [7, 11) is -1.56. The summed E-state index contributed by atoms with van der Waals surface area (Å²) < 4.78 is 29.6. The van der Waals surface area contributed by atoms with Crippen LogP contribution in [0.4, 0.5) is 0 Å². The Morgan fingerprint density at radius 1 is 1.04 bits per heavy atom. The normalized spacial score (nSPS) is 12.0. The van der Waals surface area contributed by atoms with E-state index in [9.17, 15) is 8.42 Å². The fourth-order valence-electron chi connectivity index (χ4n) is 2.62. The molecule has 0 unspecified atom stereocenters. The maximum absolute atomic E-state index is 12.5. The van der Waals surface area contributed by atoms with Gasteiger partial charge in [-0.1, -0.05) is 12.1 Å². The molecule has 0 aliphatic heterocycles. The summed E-state index contributed by atoms with van der Waals surface area (Å²) in [6.45, 7) is 6.05. The number of hydrogen-bond donors (Lipinski definition) is 1. The Morgan fingerprint density at radius 3 is 2.50 bits per heavy atom. The minimum atomic E-state index is -3.53. The predicted octanol–water partition coefficient (Wildman–Crippen LogP) is 2.98. The molecule has 126 valence electrons. The molecule has 0 spiro atoms. The standard InChI is InChI=1S/C18H21N3O2S/c1-12-5-7-16(9-13(12)2)24(22,23)19-11-15-6-8-18-17(10-15)20-14(3)21(18)4/h5-10,19H,11H2,1-4H3. The van der Waals surface area contributed by atoms with Crippen LogP contribution in [0.5, 0.6) is 0 Å². The SMILES string of the molecule is Cc1ccc(S(=O)(=O)NCc2ccc3c(c2)nc(C)n3C)cc1C. The van der Waals surface area contributed by atoms with E-state index in [-0.39, 0.29) is 6.54 Å². The van der Waals surface area contributed by atoms with Gasteiger partial charge in [0, 0.05) is 13.6 Å². The average Bonchev–Trinajstić information content (AvgIpc) is 2.82. The van der Waals surface area contributed by atoms with Crippen LogP contribution in [0.2, 0.25) is 0 Å². The topological polar surface area (TPSA) is 64.0 Å². The zero-order valence-corrected chi connectivity index (χ0v) is 15.1. The summed E-state index contributed by atoms with van der Waals surface area (Å²) in [4.78, 5) is 4.77. The van der Waals surface area contributed by atoms with Crippen LogP contribution in [0.25, 0.3) is 11.0 Å². The third-order valence-corrected chi connectivity index (χ3v) is 5.82. The van der Waals surface area contributed by atoms with E-state index in [1.54, 1.807) is 12.1 Å². The van der Waals surface area contributed by atoms with Crippen LogP contribution in [0.3, 0.4) is 0 Å². The van der Waals surface area contributed by atoms with E-state index < -0.39 is 10.0 Å². The molecule has 0 amide bonds. The van der Waals surface area contributed by atoms with Crippen molar-refractivity contribution < 1.29 is 8.42 Å². The van der Waals surface area contributed by atoms with Crippen LogP contribution in [-0.4, -0.2) is 18.0 Å². The van der Waals surface area contributed by atoms with E-state index >= 15 is 0 Å². The molecule has 0 bridgehead atoms. The van der Waals surface area contributed by atoms with Crippen LogP contribution in [0.15, 0.2) is 41.3 Å². The summed E-state index contributed by atoms with van der Waals surface area (Å²) >= 11 is 0. The van der Waals surface area contributed by atoms with Crippen molar-refractivity contribution in [1.82, 2.24) is 14.3 Å². The fraction of sp³-hybridized carbons (Fsp3) is 0.278. The molecule has 3 rings (SSSR count). The Labute approximate surface area is 142 Å². The van der Waals surface area contributed by atoms with Gasteiger partial charge in [-0.3, -0.25) is 0 Å². The number of imidazole rings is 1. The van der Waals surface area contributed by atoms with E-state index in [4.69, 9.17) is 0 Å². The summed E-state index contributed by atoms with van der Waals surface area (Å²) in [6.07, 6.45) is 0. The quantitative estimate of drug-likeness (QED) is 0.792. The third-order valence-electron chi connectivity index (χ3n) is 4.42. The molecule has 0 radical (unpaired) electrons. The second kappa shape index (κ2) is 6.03. The highest BCUT2D eigenvalue weighted by atomic mass is 32.2. The van der Waals surface area contributed by atoms with Crippen molar-refractivity contribution in [2.75, 3.05) is 0 Å². The highest BCUT2D eigenvalue weighted by Gasteiger charge is 2.14. The lowest BCUT2D eigenvalue weighted by Gasteiger charge is -2.09. The zero-order valence-electron chi connectivity index (χ0n) is 14.3. The number of sulfonamides is 1. The van der Waals surface area contributed by atoms with Gasteiger partial charge in [-0.2, -0.15) is 0 Å². The molecule has 0 saturated heterocycles. The Morgan fingerprint density at radius 2 is 1.79 bits per heavy atom. The van der Waals surface area contributed by atoms with Crippen LogP contribution < -0.4 is 4.72 Å². The molecule has 24 heavy (non-hydrogen) atoms. The fourth-order valence-corrected chi connectivity index (χ4v) is 3.72. The molecule has 0 atom stereocenters. The van der Waals surface area contributed by atoms with Gasteiger partial charge in [-0.15, -0.1) is 0 Å². The number of rotatable bonds is 4. The number of benzene rings is 2. The van der Waals surface area contributed by atoms with Crippen molar-refractivity contribution in [1.29, 1.82) is 0 Å². The van der Waals surface area contributed by atoms with Crippen molar-refractivity contribution in [2.24, 2.45) is 7.05 Å². The first kappa shape index (κ1) is 16.7. The minimum absolute atomic E-state index is 0.237. The van der Waals surface area contributed by atoms with Crippen molar-refractivity contribution in [3.63, 3.8) is 0 Å². The lowest BCUT2D eigenvalue weighted by molar-refractivity contribution is 0.581. The van der Waals surface area contributed by atoms with Crippen LogP contribution in [0.1, 0.15) is 22.5 Å². The van der Waals surface area contributed by atoms with Crippen LogP contribution in [0, 0.1) is 20.8 Å². The molecular weight excluding hydrogens is 322 g/mol. The first-order chi connectivity index (χ1) is 11.3. The summed E-state index contributed by atoms with van der Waals surface area (Å²) in [5.74, 6) is 0.929. The molecule has 5 nitrogen and oxygen atoms in total. The molecule has 0 fully saturated rings. The maximum Gasteiger partial charge on any atom is 0.240 e. The molecule has 0 saturated carbocycles. The van der Waals surface area contributed by atoms with Gasteiger partial charge in [0.2, 0.25) is 10.0 Å². The van der Waals surface area contributed by atoms with Crippen molar-refractivity contribution >= 4 is 21.1 Å². The van der Waals surface area contributed by atoms with Crippen LogP contribution >= 0.6 is 0 Å². The summed E-state index contributed by atoms with van der Waals surface area (Å²) in [6, 6.07) is 11.0. The summed E-state index contributed by atoms with van der Waals surface area (Å²) in [5, 5.41) is 0. The van der Waals surface area contributed by atoms with E-state index in [1.807, 2.05) is 56.7 Å². The smallest absolute Gasteiger partial charge is 0.240 e. The van der Waals surface area contributed by atoms with E-state index in [2.05, 4.69) is 9.71 Å². The molecule has 1 N–H and O–H groups in total. The summed E-state index contributed by atoms with van der Waals surface area (Å²) in [5.41, 5.74) is 4.83. The zero-order chi connectivity index (χ0) is 17.5. The lowest BCUT2D eigenvalue weighted by atomic mass is 10.1. The Kier molecular flexibility index (Phi) is 4.19. The van der Waals surface area contributed by atoms with Crippen molar-refractivity contribution in [3.05, 3.63) is 58.9 Å². The monoisotopic (exact) mass is 343 g/mol. The number of nitrogens with one attached hydrogen (secondary N) is 1. The Balaban J connectivity index is 1.82. The Hall–Kier alpha value is -2.18. The molecule has 1 heterocycles. The molecule has 0 aliphatic rings. The first-order valence-electron chi connectivity index (χ1n) is 7.77. The predicted molar refractivity (Wildman–Crippen MR) is 95.4 cm³/mol. The van der Waals surface area contributed by atoms with Gasteiger partial charge in [0.15, 0.2) is 0 Å². The van der Waals surface area contributed by atoms with E-state index in [0.29, 0.717) is 4.90 Å². The lowest BCUT2D eigenvalue weighted by Crippen LogP contribution is -2.23. The molecular formula is C18H21N3O2S. The van der Waals surface area contributed by atoms with E-state index in [1.165, 1.54) is 0 Å². The van der Waals surface area contributed by atoms with Gasteiger partial charge < -0.3 is 4.57 Å². The second-order valence-corrected chi connectivity index (χ2v) is 7.88. The highest BCUT2D eigenvalue weighted by molar-refractivity contribution is 7.89. The van der Waals surface area contributed by atoms with Gasteiger partial charge in [0.1, 0.15) is 5.82 Å². The number of nitrogens with zero attached hydrogens (tertiary/aromatic N) is 2. The van der Waals surface area contributed by atoms with Crippen molar-refractivity contribution in [3.8, 4) is 0 Å². The number of aromatic nitrogens is 2. The van der Waals surface area contributed by atoms with E-state index in [0.717, 1.165) is 33.5 Å². The average molecular weight is 343 g/mol. The molecule has 3 aromatic rings. The van der Waals surface area contributed by atoms with Crippen LogP contribution in [-0.2, 0) is 23.6 Å². The molecule has 2 aromatic carbocycles. The van der Waals surface area contributed by atoms with Gasteiger partial charge >= 0.3 is 0 Å². The molecule has 6 heteroatoms. The minimum Gasteiger partial charge on any atom is -0.331 e. The third kappa shape index (κ3) is 3.07. The number of fused-ring (bicyclic) bond motifs is 1. The highest BCUT2D eigenvalue weighted by Crippen LogP contribution is 2.18. The first-order valence-corrected chi connectivity index (χ1v) is 9.25. The largest absolute Gasteiger partial charge is 0.331 e. The number of hydrogen-bond acceptors (Lipinski definition) is 3. The Bertz CT molecular complexity index is 1020. The van der Waals surface area contributed by atoms with Gasteiger partial charge in [0.05, 0.1) is 15.9 Å². The van der Waals surface area contributed by atoms with Gasteiger partial charge in [0.25, 0.3) is 0 Å². The second-order valence-electron chi connectivity index (χ2n) is 6.11. The van der Waals surface area contributed by atoms with Gasteiger partial charge in [-0.25, -0.2) is 18.1 Å². The maximum atomic E-state index is 12.5. The molecule has 1 aromatic heterocycles. The van der Waals surface area contributed by atoms with Crippen molar-refractivity contribution in [2.45, 2.75) is 32.2 Å². The number of aryl methyl sites for hydroxylation is 4. The molecule has 0 aliphatic carbocycles.